The van der Waals surface area contributed by atoms with Gasteiger partial charge in [-0.15, -0.1) is 0 Å². The van der Waals surface area contributed by atoms with Gasteiger partial charge in [0.25, 0.3) is 0 Å². The number of hydrogen-bond donors (Lipinski definition) is 1. The summed E-state index contributed by atoms with van der Waals surface area (Å²) in [5, 5.41) is 10.6. The molecule has 0 bridgehead atoms. The second kappa shape index (κ2) is 6.14. The molecule has 1 heterocycles. The molecule has 2 aromatic rings. The van der Waals surface area contributed by atoms with Crippen LogP contribution in [0.3, 0.4) is 0 Å². The fourth-order valence-corrected chi connectivity index (χ4v) is 2.93. The molecule has 1 aliphatic rings. The number of rotatable bonds is 3. The molecule has 0 fully saturated rings. The van der Waals surface area contributed by atoms with Gasteiger partial charge in [-0.25, -0.2) is 4.39 Å². The lowest BCUT2D eigenvalue weighted by Gasteiger charge is -2.28. The van der Waals surface area contributed by atoms with Gasteiger partial charge in [0.05, 0.1) is 18.8 Å². The van der Waals surface area contributed by atoms with Crippen LogP contribution < -0.4 is 0 Å². The van der Waals surface area contributed by atoms with Crippen molar-refractivity contribution < 1.29 is 14.2 Å². The Morgan fingerprint density at radius 2 is 2.10 bits per heavy atom. The lowest BCUT2D eigenvalue weighted by Crippen LogP contribution is -2.18. The van der Waals surface area contributed by atoms with Crippen LogP contribution in [0.5, 0.6) is 0 Å². The number of fused-ring (bicyclic) bond motifs is 1. The Balaban J connectivity index is 1.81. The van der Waals surface area contributed by atoms with Crippen molar-refractivity contribution in [3.8, 4) is 0 Å². The first-order chi connectivity index (χ1) is 10.1. The zero-order valence-electron chi connectivity index (χ0n) is 11.4. The van der Waals surface area contributed by atoms with E-state index in [1.807, 2.05) is 18.2 Å². The van der Waals surface area contributed by atoms with Crippen LogP contribution in [-0.2, 0) is 11.2 Å². The van der Waals surface area contributed by atoms with Crippen LogP contribution in [0.4, 0.5) is 4.39 Å². The minimum absolute atomic E-state index is 0.208. The molecule has 1 aliphatic heterocycles. The molecule has 0 aromatic heterocycles. The van der Waals surface area contributed by atoms with Crippen molar-refractivity contribution in [3.05, 3.63) is 70.0 Å². The largest absolute Gasteiger partial charge is 0.388 e. The highest BCUT2D eigenvalue weighted by molar-refractivity contribution is 6.30. The van der Waals surface area contributed by atoms with Gasteiger partial charge in [-0.05, 0) is 29.7 Å². The summed E-state index contributed by atoms with van der Waals surface area (Å²) >= 11 is 5.73. The monoisotopic (exact) mass is 306 g/mol. The van der Waals surface area contributed by atoms with Crippen LogP contribution in [0.15, 0.2) is 42.5 Å². The Hall–Kier alpha value is -1.42. The van der Waals surface area contributed by atoms with Crippen molar-refractivity contribution in [3.63, 3.8) is 0 Å². The van der Waals surface area contributed by atoms with E-state index in [1.165, 1.54) is 17.7 Å². The third kappa shape index (κ3) is 3.10. The summed E-state index contributed by atoms with van der Waals surface area (Å²) in [5.41, 5.74) is 2.57. The van der Waals surface area contributed by atoms with Crippen molar-refractivity contribution >= 4 is 11.6 Å². The zero-order chi connectivity index (χ0) is 14.8. The molecule has 0 spiro atoms. The molecule has 0 radical (unpaired) electrons. The number of ether oxygens (including phenoxy) is 1. The van der Waals surface area contributed by atoms with Crippen molar-refractivity contribution in [1.82, 2.24) is 0 Å². The standard InChI is InChI=1S/C17H16ClFO2/c18-12-5-6-14(15(19)9-12)16(20)10-17-13-4-2-1-3-11(13)7-8-21-17/h1-6,9,16-17,20H,7-8,10H2. The molecule has 0 amide bonds. The number of benzene rings is 2. The molecule has 2 nitrogen and oxygen atoms in total. The van der Waals surface area contributed by atoms with Crippen molar-refractivity contribution in [2.75, 3.05) is 6.61 Å². The quantitative estimate of drug-likeness (QED) is 0.920. The first-order valence-corrected chi connectivity index (χ1v) is 7.35. The molecule has 2 unspecified atom stereocenters. The average Bonchev–Trinajstić information content (AvgIpc) is 2.47. The second-order valence-corrected chi connectivity index (χ2v) is 5.66. The first kappa shape index (κ1) is 14.5. The second-order valence-electron chi connectivity index (χ2n) is 5.23. The van der Waals surface area contributed by atoms with Gasteiger partial charge in [0, 0.05) is 17.0 Å². The van der Waals surface area contributed by atoms with Gasteiger partial charge in [-0.3, -0.25) is 0 Å². The summed E-state index contributed by atoms with van der Waals surface area (Å²) in [6.45, 7) is 0.623. The highest BCUT2D eigenvalue weighted by atomic mass is 35.5. The van der Waals surface area contributed by atoms with E-state index in [1.54, 1.807) is 6.07 Å². The van der Waals surface area contributed by atoms with E-state index in [-0.39, 0.29) is 11.7 Å². The topological polar surface area (TPSA) is 29.5 Å². The zero-order valence-corrected chi connectivity index (χ0v) is 12.2. The minimum atomic E-state index is -0.918. The predicted molar refractivity (Wildman–Crippen MR) is 79.8 cm³/mol. The van der Waals surface area contributed by atoms with E-state index < -0.39 is 11.9 Å². The fourth-order valence-electron chi connectivity index (χ4n) is 2.77. The maximum absolute atomic E-state index is 13.9. The van der Waals surface area contributed by atoms with Crippen LogP contribution in [-0.4, -0.2) is 11.7 Å². The lowest BCUT2D eigenvalue weighted by molar-refractivity contribution is 0.00304. The van der Waals surface area contributed by atoms with Gasteiger partial charge in [-0.1, -0.05) is 41.9 Å². The Kier molecular flexibility index (Phi) is 4.24. The molecule has 1 N–H and O–H groups in total. The Bertz CT molecular complexity index is 644. The van der Waals surface area contributed by atoms with Gasteiger partial charge in [0.1, 0.15) is 5.82 Å². The van der Waals surface area contributed by atoms with Crippen LogP contribution in [0, 0.1) is 5.82 Å². The van der Waals surface area contributed by atoms with E-state index in [0.29, 0.717) is 18.1 Å². The van der Waals surface area contributed by atoms with E-state index in [0.717, 1.165) is 12.0 Å². The molecule has 4 heteroatoms. The molecule has 3 rings (SSSR count). The maximum Gasteiger partial charge on any atom is 0.130 e. The molecule has 0 saturated carbocycles. The maximum atomic E-state index is 13.9. The number of halogens is 2. The average molecular weight is 307 g/mol. The first-order valence-electron chi connectivity index (χ1n) is 6.97. The fraction of sp³-hybridized carbons (Fsp3) is 0.294. The van der Waals surface area contributed by atoms with Gasteiger partial charge < -0.3 is 9.84 Å². The Morgan fingerprint density at radius 1 is 1.29 bits per heavy atom. The molecule has 2 atom stereocenters. The van der Waals surface area contributed by atoms with Crippen molar-refractivity contribution in [2.45, 2.75) is 25.0 Å². The van der Waals surface area contributed by atoms with E-state index in [2.05, 4.69) is 6.07 Å². The predicted octanol–water partition coefficient (Wildman–Crippen LogP) is 4.22. The summed E-state index contributed by atoms with van der Waals surface area (Å²) in [5.74, 6) is -0.487. The lowest BCUT2D eigenvalue weighted by atomic mass is 9.92. The Morgan fingerprint density at radius 3 is 2.90 bits per heavy atom. The van der Waals surface area contributed by atoms with Gasteiger partial charge >= 0.3 is 0 Å². The third-order valence-corrected chi connectivity index (χ3v) is 4.09. The number of aliphatic hydroxyl groups is 1. The molecule has 110 valence electrons. The van der Waals surface area contributed by atoms with Gasteiger partial charge in [0.2, 0.25) is 0 Å². The molecular weight excluding hydrogens is 291 g/mol. The highest BCUT2D eigenvalue weighted by Gasteiger charge is 2.25. The normalized spacial score (nSPS) is 19.1. The van der Waals surface area contributed by atoms with Crippen LogP contribution in [0.25, 0.3) is 0 Å². The number of hydrogen-bond acceptors (Lipinski definition) is 2. The molecule has 0 aliphatic carbocycles. The van der Waals surface area contributed by atoms with E-state index >= 15 is 0 Å². The van der Waals surface area contributed by atoms with E-state index in [9.17, 15) is 9.50 Å². The molecule has 0 saturated heterocycles. The molecule has 2 aromatic carbocycles. The summed E-state index contributed by atoms with van der Waals surface area (Å²) in [7, 11) is 0. The molecule has 21 heavy (non-hydrogen) atoms. The van der Waals surface area contributed by atoms with Crippen molar-refractivity contribution in [1.29, 1.82) is 0 Å². The third-order valence-electron chi connectivity index (χ3n) is 3.85. The van der Waals surface area contributed by atoms with Crippen LogP contribution >= 0.6 is 11.6 Å². The van der Waals surface area contributed by atoms with Crippen molar-refractivity contribution in [2.24, 2.45) is 0 Å². The summed E-state index contributed by atoms with van der Waals surface area (Å²) < 4.78 is 19.6. The van der Waals surface area contributed by atoms with E-state index in [4.69, 9.17) is 16.3 Å². The summed E-state index contributed by atoms with van der Waals surface area (Å²) in [6.07, 6.45) is 0.0756. The van der Waals surface area contributed by atoms with Crippen LogP contribution in [0.2, 0.25) is 5.02 Å². The minimum Gasteiger partial charge on any atom is -0.388 e. The van der Waals surface area contributed by atoms with Crippen LogP contribution in [0.1, 0.15) is 35.3 Å². The molecular formula is C17H16ClFO2. The van der Waals surface area contributed by atoms with Gasteiger partial charge in [0.15, 0.2) is 0 Å². The SMILES string of the molecule is OC(CC1OCCc2ccccc21)c1ccc(Cl)cc1F. The highest BCUT2D eigenvalue weighted by Crippen LogP contribution is 2.35. The van der Waals surface area contributed by atoms with Gasteiger partial charge in [-0.2, -0.15) is 0 Å². The number of aliphatic hydroxyl groups excluding tert-OH is 1. The Labute approximate surface area is 128 Å². The summed E-state index contributed by atoms with van der Waals surface area (Å²) in [6, 6.07) is 12.3. The smallest absolute Gasteiger partial charge is 0.130 e. The summed E-state index contributed by atoms with van der Waals surface area (Å²) in [4.78, 5) is 0.